The van der Waals surface area contributed by atoms with Gasteiger partial charge in [-0.1, -0.05) is 60.2 Å². The number of rotatable bonds is 4. The summed E-state index contributed by atoms with van der Waals surface area (Å²) in [6.45, 7) is 2.05. The molecule has 0 fully saturated rings. The first-order chi connectivity index (χ1) is 12.2. The largest absolute Gasteiger partial charge is 0.432 e. The highest BCUT2D eigenvalue weighted by Crippen LogP contribution is 2.24. The van der Waals surface area contributed by atoms with Gasteiger partial charge in [-0.3, -0.25) is 4.79 Å². The number of aryl methyl sites for hydroxylation is 1. The van der Waals surface area contributed by atoms with Gasteiger partial charge >= 0.3 is 0 Å². The second-order valence-electron chi connectivity index (χ2n) is 6.02. The molecule has 0 saturated carbocycles. The van der Waals surface area contributed by atoms with Gasteiger partial charge in [-0.05, 0) is 24.1 Å². The molecule has 0 aliphatic rings. The maximum atomic E-state index is 12.4. The van der Waals surface area contributed by atoms with E-state index < -0.39 is 0 Å². The molecule has 0 spiro atoms. The minimum atomic E-state index is -0.152. The van der Waals surface area contributed by atoms with E-state index in [0.717, 1.165) is 16.7 Å². The number of aromatic nitrogens is 2. The van der Waals surface area contributed by atoms with Gasteiger partial charge in [0.25, 0.3) is 5.89 Å². The van der Waals surface area contributed by atoms with Crippen molar-refractivity contribution in [3.05, 3.63) is 83.9 Å². The zero-order valence-electron chi connectivity index (χ0n) is 13.8. The van der Waals surface area contributed by atoms with Gasteiger partial charge in [-0.2, -0.15) is 4.98 Å². The molecule has 0 radical (unpaired) electrons. The number of fused-ring (bicyclic) bond motifs is 1. The summed E-state index contributed by atoms with van der Waals surface area (Å²) in [4.78, 5) is 21.0. The van der Waals surface area contributed by atoms with Gasteiger partial charge in [0.15, 0.2) is 11.2 Å². The van der Waals surface area contributed by atoms with Gasteiger partial charge in [-0.15, -0.1) is 0 Å². The lowest BCUT2D eigenvalue weighted by molar-refractivity contribution is 0.0962. The molecule has 0 unspecified atom stereocenters. The normalized spacial score (nSPS) is 10.9. The van der Waals surface area contributed by atoms with Crippen LogP contribution in [0, 0.1) is 6.92 Å². The van der Waals surface area contributed by atoms with Crippen molar-refractivity contribution in [3.8, 4) is 11.1 Å². The highest BCUT2D eigenvalue weighted by atomic mass is 16.4. The fraction of sp³-hybridized carbons (Fsp3) is 0.0952. The van der Waals surface area contributed by atoms with Gasteiger partial charge in [0.1, 0.15) is 0 Å². The number of nitrogens with zero attached hydrogens (tertiary/aromatic N) is 2. The van der Waals surface area contributed by atoms with Crippen molar-refractivity contribution in [2.24, 2.45) is 0 Å². The summed E-state index contributed by atoms with van der Waals surface area (Å²) in [5.41, 5.74) is 5.09. The number of carbonyl (C=O) groups is 1. The van der Waals surface area contributed by atoms with E-state index in [-0.39, 0.29) is 18.1 Å². The Labute approximate surface area is 145 Å². The number of pyridine rings is 1. The van der Waals surface area contributed by atoms with Crippen LogP contribution in [0.15, 0.2) is 71.3 Å². The van der Waals surface area contributed by atoms with E-state index in [0.29, 0.717) is 11.2 Å². The van der Waals surface area contributed by atoms with Crippen LogP contribution in [0.4, 0.5) is 0 Å². The summed E-state index contributed by atoms with van der Waals surface area (Å²) in [5, 5.41) is 0. The van der Waals surface area contributed by atoms with Crippen LogP contribution < -0.4 is 0 Å². The van der Waals surface area contributed by atoms with E-state index >= 15 is 0 Å². The van der Waals surface area contributed by atoms with Crippen molar-refractivity contribution in [2.75, 3.05) is 0 Å². The number of benzene rings is 2. The Hall–Kier alpha value is -3.27. The molecule has 4 heteroatoms. The second kappa shape index (κ2) is 6.32. The van der Waals surface area contributed by atoms with Gasteiger partial charge < -0.3 is 4.42 Å². The van der Waals surface area contributed by atoms with Crippen molar-refractivity contribution < 1.29 is 9.21 Å². The van der Waals surface area contributed by atoms with Crippen LogP contribution in [0.3, 0.4) is 0 Å². The number of hydrogen-bond acceptors (Lipinski definition) is 4. The average molecular weight is 328 g/mol. The molecule has 4 nitrogen and oxygen atoms in total. The number of carbonyl (C=O) groups excluding carboxylic acids is 1. The molecule has 4 rings (SSSR count). The predicted octanol–water partition coefficient (Wildman–Crippen LogP) is 4.62. The number of Topliss-reactive ketones (excluding diaryl/α,β-unsaturated/α-hetero) is 1. The van der Waals surface area contributed by atoms with Crippen molar-refractivity contribution in [1.82, 2.24) is 9.97 Å². The van der Waals surface area contributed by atoms with Gasteiger partial charge in [0, 0.05) is 18.2 Å². The molecule has 4 aromatic rings. The van der Waals surface area contributed by atoms with Crippen LogP contribution in [-0.2, 0) is 6.42 Å². The molecule has 0 aliphatic heterocycles. The highest BCUT2D eigenvalue weighted by Gasteiger charge is 2.16. The molecule has 122 valence electrons. The zero-order valence-corrected chi connectivity index (χ0v) is 13.8. The van der Waals surface area contributed by atoms with Crippen molar-refractivity contribution in [3.63, 3.8) is 0 Å². The van der Waals surface area contributed by atoms with E-state index in [9.17, 15) is 4.79 Å². The summed E-state index contributed by atoms with van der Waals surface area (Å²) in [6, 6.07) is 19.6. The van der Waals surface area contributed by atoms with Crippen molar-refractivity contribution >= 4 is 17.0 Å². The number of oxazole rings is 1. The third-order valence-electron chi connectivity index (χ3n) is 4.08. The lowest BCUT2D eigenvalue weighted by Gasteiger charge is -2.00. The molecule has 0 saturated heterocycles. The molecular formula is C21H16N2O2. The Balaban J connectivity index is 1.64. The maximum absolute atomic E-state index is 12.4. The Morgan fingerprint density at radius 2 is 1.76 bits per heavy atom. The Morgan fingerprint density at radius 1 is 1.00 bits per heavy atom. The van der Waals surface area contributed by atoms with Gasteiger partial charge in [0.05, 0.1) is 0 Å². The van der Waals surface area contributed by atoms with E-state index in [2.05, 4.69) is 22.1 Å². The fourth-order valence-corrected chi connectivity index (χ4v) is 2.70. The predicted molar refractivity (Wildman–Crippen MR) is 96.5 cm³/mol. The smallest absolute Gasteiger partial charge is 0.266 e. The lowest BCUT2D eigenvalue weighted by atomic mass is 10.1. The topological polar surface area (TPSA) is 56.0 Å². The monoisotopic (exact) mass is 328 g/mol. The third kappa shape index (κ3) is 3.19. The highest BCUT2D eigenvalue weighted by molar-refractivity contribution is 5.95. The molecule has 0 N–H and O–H groups in total. The molecule has 2 aromatic heterocycles. The van der Waals surface area contributed by atoms with Crippen LogP contribution in [-0.4, -0.2) is 15.8 Å². The van der Waals surface area contributed by atoms with Crippen molar-refractivity contribution in [1.29, 1.82) is 0 Å². The summed E-state index contributed by atoms with van der Waals surface area (Å²) >= 11 is 0. The minimum absolute atomic E-state index is 0.104. The number of hydrogen-bond donors (Lipinski definition) is 0. The van der Waals surface area contributed by atoms with E-state index in [1.165, 1.54) is 5.56 Å². The fourth-order valence-electron chi connectivity index (χ4n) is 2.70. The number of ketones is 1. The van der Waals surface area contributed by atoms with Crippen LogP contribution in [0.1, 0.15) is 21.8 Å². The standard InChI is InChI=1S/C21H16N2O2/c1-14-7-9-16(10-8-14)17-12-19-20(22-13-17)23-21(25-19)18(24)11-15-5-3-2-4-6-15/h2-10,12-13H,11H2,1H3. The Bertz CT molecular complexity index is 1030. The van der Waals surface area contributed by atoms with Crippen LogP contribution in [0.25, 0.3) is 22.4 Å². The summed E-state index contributed by atoms with van der Waals surface area (Å²) in [5.74, 6) is -0.0477. The maximum Gasteiger partial charge on any atom is 0.266 e. The van der Waals surface area contributed by atoms with Crippen molar-refractivity contribution in [2.45, 2.75) is 13.3 Å². The summed E-state index contributed by atoms with van der Waals surface area (Å²) < 4.78 is 5.66. The molecule has 25 heavy (non-hydrogen) atoms. The third-order valence-corrected chi connectivity index (χ3v) is 4.08. The van der Waals surface area contributed by atoms with E-state index in [4.69, 9.17) is 4.42 Å². The van der Waals surface area contributed by atoms with E-state index in [1.54, 1.807) is 6.20 Å². The van der Waals surface area contributed by atoms with Gasteiger partial charge in [0.2, 0.25) is 5.78 Å². The van der Waals surface area contributed by atoms with Crippen LogP contribution in [0.2, 0.25) is 0 Å². The molecule has 0 aliphatic carbocycles. The van der Waals surface area contributed by atoms with Crippen LogP contribution in [0.5, 0.6) is 0 Å². The van der Waals surface area contributed by atoms with Gasteiger partial charge in [-0.25, -0.2) is 4.98 Å². The minimum Gasteiger partial charge on any atom is -0.432 e. The van der Waals surface area contributed by atoms with E-state index in [1.807, 2.05) is 55.5 Å². The molecule has 0 atom stereocenters. The second-order valence-corrected chi connectivity index (χ2v) is 6.02. The Kier molecular flexibility index (Phi) is 3.86. The molecule has 0 amide bonds. The zero-order chi connectivity index (χ0) is 17.2. The first-order valence-corrected chi connectivity index (χ1v) is 8.10. The summed E-state index contributed by atoms with van der Waals surface area (Å²) in [6.07, 6.45) is 2.01. The first-order valence-electron chi connectivity index (χ1n) is 8.10. The SMILES string of the molecule is Cc1ccc(-c2cnc3nc(C(=O)Cc4ccccc4)oc3c2)cc1. The summed E-state index contributed by atoms with van der Waals surface area (Å²) in [7, 11) is 0. The Morgan fingerprint density at radius 3 is 2.52 bits per heavy atom. The molecule has 0 bridgehead atoms. The lowest BCUT2D eigenvalue weighted by Crippen LogP contribution is -2.03. The average Bonchev–Trinajstić information content (AvgIpc) is 3.06. The molecular weight excluding hydrogens is 312 g/mol. The molecule has 2 heterocycles. The van der Waals surface area contributed by atoms with Crippen LogP contribution >= 0.6 is 0 Å². The first kappa shape index (κ1) is 15.3. The molecule has 2 aromatic carbocycles. The quantitative estimate of drug-likeness (QED) is 0.513.